The summed E-state index contributed by atoms with van der Waals surface area (Å²) in [6, 6.07) is 0. The number of rotatable bonds is 4. The van der Waals surface area contributed by atoms with Crippen molar-refractivity contribution in [1.82, 2.24) is 19.8 Å². The van der Waals surface area contributed by atoms with Crippen molar-refractivity contribution in [3.63, 3.8) is 0 Å². The lowest BCUT2D eigenvalue weighted by atomic mass is 9.89. The van der Waals surface area contributed by atoms with Gasteiger partial charge in [-0.2, -0.15) is 0 Å². The van der Waals surface area contributed by atoms with Crippen molar-refractivity contribution in [1.29, 1.82) is 0 Å². The number of thiophene rings is 1. The molecule has 2 saturated heterocycles. The van der Waals surface area contributed by atoms with E-state index in [1.54, 1.807) is 0 Å². The Balaban J connectivity index is 1.19. The van der Waals surface area contributed by atoms with Gasteiger partial charge in [-0.05, 0) is 69.5 Å². The molecule has 2 aromatic heterocycles. The predicted octanol–water partition coefficient (Wildman–Crippen LogP) is 3.28. The quantitative estimate of drug-likeness (QED) is 0.810. The van der Waals surface area contributed by atoms with Crippen LogP contribution in [-0.4, -0.2) is 58.4 Å². The van der Waals surface area contributed by atoms with Crippen LogP contribution >= 0.6 is 11.3 Å². The standard InChI is InChI=1S/C23H33N5OS/c1-15-4-5-17-18(14-15)30-22-20(17)21(24)25-19(26-22)8-13-27-11-6-16(7-12-27)23(29)28-9-2-3-10-28/h15-16H,2-14H2,1H3,(H2,24,25,26). The van der Waals surface area contributed by atoms with Gasteiger partial charge in [-0.25, -0.2) is 9.97 Å². The number of aromatic nitrogens is 2. The molecule has 2 aliphatic heterocycles. The van der Waals surface area contributed by atoms with Crippen LogP contribution in [0.4, 0.5) is 5.82 Å². The predicted molar refractivity (Wildman–Crippen MR) is 122 cm³/mol. The number of carbonyl (C=O) groups is 1. The summed E-state index contributed by atoms with van der Waals surface area (Å²) in [6.45, 7) is 7.18. The first-order valence-electron chi connectivity index (χ1n) is 11.7. The molecule has 0 bridgehead atoms. The molecular formula is C23H33N5OS. The monoisotopic (exact) mass is 427 g/mol. The molecule has 2 fully saturated rings. The lowest BCUT2D eigenvalue weighted by Crippen LogP contribution is -2.42. The van der Waals surface area contributed by atoms with Gasteiger partial charge < -0.3 is 15.5 Å². The van der Waals surface area contributed by atoms with Crippen LogP contribution in [0.2, 0.25) is 0 Å². The number of amides is 1. The number of anilines is 1. The summed E-state index contributed by atoms with van der Waals surface area (Å²) in [5.41, 5.74) is 7.78. The molecule has 162 valence electrons. The minimum Gasteiger partial charge on any atom is -0.383 e. The molecule has 0 saturated carbocycles. The van der Waals surface area contributed by atoms with Crippen LogP contribution in [0, 0.1) is 11.8 Å². The SMILES string of the molecule is CC1CCc2c(sc3nc(CCN4CCC(C(=O)N5CCCC5)CC4)nc(N)c23)C1. The van der Waals surface area contributed by atoms with Crippen LogP contribution in [0.1, 0.15) is 55.3 Å². The first kappa shape index (κ1) is 20.2. The van der Waals surface area contributed by atoms with E-state index in [4.69, 9.17) is 10.7 Å². The Kier molecular flexibility index (Phi) is 5.67. The lowest BCUT2D eigenvalue weighted by Gasteiger charge is -2.33. The molecule has 1 unspecified atom stereocenters. The van der Waals surface area contributed by atoms with Crippen molar-refractivity contribution in [2.45, 2.75) is 58.3 Å². The second-order valence-corrected chi connectivity index (χ2v) is 10.5. The molecular weight excluding hydrogens is 394 g/mol. The third-order valence-electron chi connectivity index (χ3n) is 7.24. The molecule has 5 rings (SSSR count). The highest BCUT2D eigenvalue weighted by Crippen LogP contribution is 2.39. The summed E-state index contributed by atoms with van der Waals surface area (Å²) in [5, 5.41) is 1.12. The van der Waals surface area contributed by atoms with Gasteiger partial charge in [0.15, 0.2) is 0 Å². The molecule has 4 heterocycles. The first-order valence-corrected chi connectivity index (χ1v) is 12.5. The molecule has 1 aliphatic carbocycles. The van der Waals surface area contributed by atoms with Crippen LogP contribution in [0.5, 0.6) is 0 Å². The maximum atomic E-state index is 12.6. The second kappa shape index (κ2) is 8.42. The second-order valence-electron chi connectivity index (χ2n) is 9.46. The van der Waals surface area contributed by atoms with Crippen molar-refractivity contribution in [2.24, 2.45) is 11.8 Å². The smallest absolute Gasteiger partial charge is 0.225 e. The van der Waals surface area contributed by atoms with Crippen LogP contribution < -0.4 is 5.73 Å². The summed E-state index contributed by atoms with van der Waals surface area (Å²) < 4.78 is 0. The van der Waals surface area contributed by atoms with E-state index in [0.717, 1.165) is 86.8 Å². The lowest BCUT2D eigenvalue weighted by molar-refractivity contribution is -0.135. The zero-order valence-corrected chi connectivity index (χ0v) is 18.8. The number of nitrogens with zero attached hydrogens (tertiary/aromatic N) is 4. The number of piperidine rings is 1. The van der Waals surface area contributed by atoms with Crippen LogP contribution in [0.3, 0.4) is 0 Å². The molecule has 6 nitrogen and oxygen atoms in total. The van der Waals surface area contributed by atoms with Crippen molar-refractivity contribution in [2.75, 3.05) is 38.5 Å². The van der Waals surface area contributed by atoms with Gasteiger partial charge in [0.25, 0.3) is 0 Å². The Bertz CT molecular complexity index is 927. The van der Waals surface area contributed by atoms with E-state index in [9.17, 15) is 4.79 Å². The Morgan fingerprint density at radius 3 is 2.67 bits per heavy atom. The molecule has 0 aromatic carbocycles. The molecule has 30 heavy (non-hydrogen) atoms. The molecule has 7 heteroatoms. The maximum absolute atomic E-state index is 12.6. The Morgan fingerprint density at radius 1 is 1.13 bits per heavy atom. The summed E-state index contributed by atoms with van der Waals surface area (Å²) in [6.07, 6.45) is 8.61. The number of aryl methyl sites for hydroxylation is 1. The summed E-state index contributed by atoms with van der Waals surface area (Å²) in [7, 11) is 0. The van der Waals surface area contributed by atoms with Gasteiger partial charge in [-0.1, -0.05) is 6.92 Å². The molecule has 2 N–H and O–H groups in total. The number of nitrogen functional groups attached to an aromatic ring is 1. The molecule has 2 aromatic rings. The average molecular weight is 428 g/mol. The molecule has 1 amide bonds. The largest absolute Gasteiger partial charge is 0.383 e. The van der Waals surface area contributed by atoms with Gasteiger partial charge in [0.1, 0.15) is 16.5 Å². The minimum absolute atomic E-state index is 0.224. The van der Waals surface area contributed by atoms with Crippen molar-refractivity contribution >= 4 is 33.3 Å². The minimum atomic E-state index is 0.224. The third kappa shape index (κ3) is 3.94. The zero-order valence-electron chi connectivity index (χ0n) is 18.0. The third-order valence-corrected chi connectivity index (χ3v) is 8.38. The van der Waals surface area contributed by atoms with Gasteiger partial charge in [-0.3, -0.25) is 4.79 Å². The van der Waals surface area contributed by atoms with Gasteiger partial charge in [-0.15, -0.1) is 11.3 Å². The van der Waals surface area contributed by atoms with E-state index in [-0.39, 0.29) is 5.92 Å². The van der Waals surface area contributed by atoms with Crippen LogP contribution in [-0.2, 0) is 24.1 Å². The maximum Gasteiger partial charge on any atom is 0.225 e. The van der Waals surface area contributed by atoms with Gasteiger partial charge in [0.05, 0.1) is 5.39 Å². The summed E-state index contributed by atoms with van der Waals surface area (Å²) >= 11 is 1.82. The Labute approximate surface area is 182 Å². The van der Waals surface area contributed by atoms with Gasteiger partial charge in [0, 0.05) is 36.9 Å². The molecule has 1 atom stereocenters. The Hall–Kier alpha value is -1.73. The fourth-order valence-corrected chi connectivity index (χ4v) is 6.80. The van der Waals surface area contributed by atoms with E-state index in [0.29, 0.717) is 11.7 Å². The number of hydrogen-bond donors (Lipinski definition) is 1. The number of fused-ring (bicyclic) bond motifs is 3. The zero-order chi connectivity index (χ0) is 20.7. The van der Waals surface area contributed by atoms with Crippen molar-refractivity contribution < 1.29 is 4.79 Å². The summed E-state index contributed by atoms with van der Waals surface area (Å²) in [5.74, 6) is 2.89. The highest BCUT2D eigenvalue weighted by atomic mass is 32.1. The Morgan fingerprint density at radius 2 is 1.90 bits per heavy atom. The van der Waals surface area contributed by atoms with Gasteiger partial charge in [0.2, 0.25) is 5.91 Å². The topological polar surface area (TPSA) is 75.4 Å². The van der Waals surface area contributed by atoms with E-state index >= 15 is 0 Å². The van der Waals surface area contributed by atoms with E-state index in [1.807, 2.05) is 11.3 Å². The fraction of sp³-hybridized carbons (Fsp3) is 0.696. The van der Waals surface area contributed by atoms with Gasteiger partial charge >= 0.3 is 0 Å². The molecule has 0 radical (unpaired) electrons. The van der Waals surface area contributed by atoms with E-state index < -0.39 is 0 Å². The van der Waals surface area contributed by atoms with E-state index in [2.05, 4.69) is 21.7 Å². The van der Waals surface area contributed by atoms with Crippen molar-refractivity contribution in [3.05, 3.63) is 16.3 Å². The normalized spacial score (nSPS) is 23.2. The highest BCUT2D eigenvalue weighted by Gasteiger charge is 2.30. The van der Waals surface area contributed by atoms with Crippen molar-refractivity contribution in [3.8, 4) is 0 Å². The van der Waals surface area contributed by atoms with Crippen LogP contribution in [0.25, 0.3) is 10.2 Å². The number of nitrogens with two attached hydrogens (primary N) is 1. The number of hydrogen-bond acceptors (Lipinski definition) is 6. The number of likely N-dealkylation sites (tertiary alicyclic amines) is 2. The average Bonchev–Trinajstić information content (AvgIpc) is 3.39. The first-order chi connectivity index (χ1) is 14.6. The number of carbonyl (C=O) groups excluding carboxylic acids is 1. The fourth-order valence-electron chi connectivity index (χ4n) is 5.39. The van der Waals surface area contributed by atoms with E-state index in [1.165, 1.54) is 29.7 Å². The summed E-state index contributed by atoms with van der Waals surface area (Å²) in [4.78, 5) is 29.3. The highest BCUT2D eigenvalue weighted by molar-refractivity contribution is 7.19. The molecule has 0 spiro atoms. The van der Waals surface area contributed by atoms with Crippen LogP contribution in [0.15, 0.2) is 0 Å². The molecule has 3 aliphatic rings.